The van der Waals surface area contributed by atoms with Crippen molar-refractivity contribution in [2.45, 2.75) is 33.7 Å². The molecule has 17 heavy (non-hydrogen) atoms. The zero-order valence-corrected chi connectivity index (χ0v) is 11.4. The fourth-order valence-corrected chi connectivity index (χ4v) is 1.34. The number of hydrogen-bond donors (Lipinski definition) is 2. The molecule has 0 aliphatic rings. The second-order valence-electron chi connectivity index (χ2n) is 4.63. The van der Waals surface area contributed by atoms with Crippen molar-refractivity contribution >= 4 is 23.1 Å². The number of carbonyl (C=O) groups is 1. The van der Waals surface area contributed by atoms with Gasteiger partial charge in [0.15, 0.2) is 0 Å². The van der Waals surface area contributed by atoms with E-state index in [0.29, 0.717) is 0 Å². The van der Waals surface area contributed by atoms with E-state index in [1.807, 2.05) is 26.0 Å². The molecular weight excluding hydrogens is 236 g/mol. The number of nitrogens with two attached hydrogens (primary N) is 1. The minimum absolute atomic E-state index is 0.179. The molecule has 5 heteroatoms. The van der Waals surface area contributed by atoms with Gasteiger partial charge in [0.1, 0.15) is 11.5 Å². The van der Waals surface area contributed by atoms with Crippen LogP contribution in [0, 0.1) is 12.3 Å². The van der Waals surface area contributed by atoms with Crippen LogP contribution in [-0.2, 0) is 4.79 Å². The lowest BCUT2D eigenvalue weighted by Gasteiger charge is -2.24. The van der Waals surface area contributed by atoms with Crippen LogP contribution in [0.4, 0.5) is 0 Å². The minimum Gasteiger partial charge on any atom is -0.464 e. The van der Waals surface area contributed by atoms with Crippen molar-refractivity contribution in [1.82, 2.24) is 5.32 Å². The molecule has 0 saturated heterocycles. The van der Waals surface area contributed by atoms with Gasteiger partial charge in [0.05, 0.1) is 16.4 Å². The number of aryl methyl sites for hydroxylation is 1. The molecular formula is C12H18N2O2S. The molecule has 0 saturated carbocycles. The zero-order chi connectivity index (χ0) is 13.2. The summed E-state index contributed by atoms with van der Waals surface area (Å²) in [5.41, 5.74) is 4.68. The van der Waals surface area contributed by atoms with Crippen molar-refractivity contribution in [3.63, 3.8) is 0 Å². The molecule has 4 nitrogen and oxygen atoms in total. The van der Waals surface area contributed by atoms with Crippen LogP contribution in [0.3, 0.4) is 0 Å². The van der Waals surface area contributed by atoms with Gasteiger partial charge in [-0.25, -0.2) is 0 Å². The molecule has 0 spiro atoms. The first kappa shape index (κ1) is 13.7. The van der Waals surface area contributed by atoms with E-state index < -0.39 is 5.41 Å². The zero-order valence-electron chi connectivity index (χ0n) is 10.5. The van der Waals surface area contributed by atoms with Crippen LogP contribution in [0.15, 0.2) is 16.5 Å². The number of rotatable bonds is 4. The lowest BCUT2D eigenvalue weighted by atomic mass is 9.92. The van der Waals surface area contributed by atoms with Crippen LogP contribution < -0.4 is 11.1 Å². The van der Waals surface area contributed by atoms with Crippen molar-refractivity contribution in [3.05, 3.63) is 23.7 Å². The molecule has 1 unspecified atom stereocenters. The summed E-state index contributed by atoms with van der Waals surface area (Å²) >= 11 is 4.88. The summed E-state index contributed by atoms with van der Waals surface area (Å²) in [4.78, 5) is 12.2. The molecule has 0 aromatic carbocycles. The molecule has 3 N–H and O–H groups in total. The number of nitrogens with one attached hydrogen (secondary N) is 1. The summed E-state index contributed by atoms with van der Waals surface area (Å²) in [7, 11) is 0. The van der Waals surface area contributed by atoms with Crippen molar-refractivity contribution in [2.24, 2.45) is 11.1 Å². The largest absolute Gasteiger partial charge is 0.464 e. The summed E-state index contributed by atoms with van der Waals surface area (Å²) in [6.07, 6.45) is 0. The highest BCUT2D eigenvalue weighted by Gasteiger charge is 2.32. The van der Waals surface area contributed by atoms with Crippen molar-refractivity contribution < 1.29 is 9.21 Å². The van der Waals surface area contributed by atoms with E-state index in [4.69, 9.17) is 22.4 Å². The second kappa shape index (κ2) is 4.87. The van der Waals surface area contributed by atoms with Crippen LogP contribution in [-0.4, -0.2) is 10.9 Å². The van der Waals surface area contributed by atoms with Crippen molar-refractivity contribution in [1.29, 1.82) is 0 Å². The first-order valence-corrected chi connectivity index (χ1v) is 5.83. The number of amides is 1. The Morgan fingerprint density at radius 1 is 1.53 bits per heavy atom. The molecule has 1 heterocycles. The average molecular weight is 254 g/mol. The van der Waals surface area contributed by atoms with Gasteiger partial charge >= 0.3 is 0 Å². The Bertz CT molecular complexity index is 437. The third kappa shape index (κ3) is 3.06. The predicted octanol–water partition coefficient (Wildman–Crippen LogP) is 2.08. The third-order valence-electron chi connectivity index (χ3n) is 2.72. The van der Waals surface area contributed by atoms with E-state index in [0.717, 1.165) is 11.5 Å². The number of furan rings is 1. The van der Waals surface area contributed by atoms with Gasteiger partial charge in [0.25, 0.3) is 0 Å². The van der Waals surface area contributed by atoms with Gasteiger partial charge in [-0.2, -0.15) is 0 Å². The standard InChI is InChI=1S/C12H18N2O2S/c1-7-5-6-9(16-7)8(2)14-11(15)12(3,4)10(13)17/h5-6,8H,1-4H3,(H2,13,17)(H,14,15). The third-order valence-corrected chi connectivity index (χ3v) is 3.23. The summed E-state index contributed by atoms with van der Waals surface area (Å²) in [6, 6.07) is 3.50. The summed E-state index contributed by atoms with van der Waals surface area (Å²) in [6.45, 7) is 7.11. The van der Waals surface area contributed by atoms with Crippen LogP contribution in [0.1, 0.15) is 38.3 Å². The Balaban J connectivity index is 2.73. The van der Waals surface area contributed by atoms with Gasteiger partial charge in [0.2, 0.25) is 5.91 Å². The number of thiocarbonyl (C=S) groups is 1. The minimum atomic E-state index is -0.856. The van der Waals surface area contributed by atoms with E-state index >= 15 is 0 Å². The Morgan fingerprint density at radius 2 is 2.12 bits per heavy atom. The topological polar surface area (TPSA) is 68.3 Å². The van der Waals surface area contributed by atoms with Gasteiger partial charge in [-0.05, 0) is 39.8 Å². The molecule has 1 atom stereocenters. The second-order valence-corrected chi connectivity index (χ2v) is 5.07. The van der Waals surface area contributed by atoms with E-state index in [-0.39, 0.29) is 16.9 Å². The van der Waals surface area contributed by atoms with Crippen molar-refractivity contribution in [2.75, 3.05) is 0 Å². The number of carbonyl (C=O) groups excluding carboxylic acids is 1. The summed E-state index contributed by atoms with van der Waals surface area (Å²) in [5, 5.41) is 2.83. The molecule has 1 aromatic heterocycles. The maximum atomic E-state index is 12.0. The molecule has 1 amide bonds. The number of hydrogen-bond acceptors (Lipinski definition) is 3. The quantitative estimate of drug-likeness (QED) is 0.807. The van der Waals surface area contributed by atoms with Gasteiger partial charge in [0, 0.05) is 0 Å². The first-order valence-electron chi connectivity index (χ1n) is 5.42. The Morgan fingerprint density at radius 3 is 2.53 bits per heavy atom. The van der Waals surface area contributed by atoms with E-state index in [1.165, 1.54) is 0 Å². The Labute approximate surface area is 107 Å². The highest BCUT2D eigenvalue weighted by atomic mass is 32.1. The van der Waals surface area contributed by atoms with Gasteiger partial charge in [-0.15, -0.1) is 0 Å². The lowest BCUT2D eigenvalue weighted by molar-refractivity contribution is -0.127. The SMILES string of the molecule is Cc1ccc(C(C)NC(=O)C(C)(C)C(N)=S)o1. The molecule has 1 rings (SSSR count). The molecule has 0 aliphatic carbocycles. The van der Waals surface area contributed by atoms with Gasteiger partial charge < -0.3 is 15.5 Å². The van der Waals surface area contributed by atoms with Crippen molar-refractivity contribution in [3.8, 4) is 0 Å². The maximum Gasteiger partial charge on any atom is 0.233 e. The monoisotopic (exact) mass is 254 g/mol. The van der Waals surface area contributed by atoms with Crippen LogP contribution >= 0.6 is 12.2 Å². The molecule has 0 aliphatic heterocycles. The average Bonchev–Trinajstić information content (AvgIpc) is 2.64. The highest BCUT2D eigenvalue weighted by molar-refractivity contribution is 7.80. The fraction of sp³-hybridized carbons (Fsp3) is 0.500. The lowest BCUT2D eigenvalue weighted by Crippen LogP contribution is -2.45. The van der Waals surface area contributed by atoms with Gasteiger partial charge in [-0.1, -0.05) is 12.2 Å². The van der Waals surface area contributed by atoms with Crippen LogP contribution in [0.2, 0.25) is 0 Å². The fourth-order valence-electron chi connectivity index (χ4n) is 1.25. The first-order chi connectivity index (χ1) is 7.75. The Kier molecular flexibility index (Phi) is 3.93. The summed E-state index contributed by atoms with van der Waals surface area (Å²) < 4.78 is 5.44. The van der Waals surface area contributed by atoms with E-state index in [1.54, 1.807) is 13.8 Å². The smallest absolute Gasteiger partial charge is 0.233 e. The molecule has 1 aromatic rings. The molecule has 0 fully saturated rings. The maximum absolute atomic E-state index is 12.0. The van der Waals surface area contributed by atoms with Crippen LogP contribution in [0.5, 0.6) is 0 Å². The molecule has 0 radical (unpaired) electrons. The molecule has 94 valence electrons. The Hall–Kier alpha value is -1.36. The van der Waals surface area contributed by atoms with E-state index in [9.17, 15) is 4.79 Å². The normalized spacial score (nSPS) is 13.2. The van der Waals surface area contributed by atoms with E-state index in [2.05, 4.69) is 5.32 Å². The predicted molar refractivity (Wildman–Crippen MR) is 70.6 cm³/mol. The van der Waals surface area contributed by atoms with Gasteiger partial charge in [-0.3, -0.25) is 4.79 Å². The highest BCUT2D eigenvalue weighted by Crippen LogP contribution is 2.20. The van der Waals surface area contributed by atoms with Crippen LogP contribution in [0.25, 0.3) is 0 Å². The molecule has 0 bridgehead atoms. The summed E-state index contributed by atoms with van der Waals surface area (Å²) in [5.74, 6) is 1.33.